The van der Waals surface area contributed by atoms with Crippen LogP contribution in [0.1, 0.15) is 29.7 Å². The molecule has 2 rings (SSSR count). The number of aliphatic hydroxyl groups is 1. The first-order valence-electron chi connectivity index (χ1n) is 9.05. The number of hydrogen-bond acceptors (Lipinski definition) is 4. The molecule has 0 aliphatic carbocycles. The second-order valence-electron chi connectivity index (χ2n) is 6.18. The van der Waals surface area contributed by atoms with Crippen LogP contribution < -0.4 is 20.1 Å². The van der Waals surface area contributed by atoms with Crippen molar-refractivity contribution in [1.82, 2.24) is 10.6 Å². The molecule has 0 aliphatic rings. The van der Waals surface area contributed by atoms with Crippen molar-refractivity contribution in [2.45, 2.75) is 26.5 Å². The van der Waals surface area contributed by atoms with E-state index < -0.39 is 6.10 Å². The number of benzene rings is 2. The molecule has 27 heavy (non-hydrogen) atoms. The van der Waals surface area contributed by atoms with Gasteiger partial charge in [-0.25, -0.2) is 4.99 Å². The van der Waals surface area contributed by atoms with Gasteiger partial charge in [0.1, 0.15) is 11.5 Å². The molecule has 0 aliphatic heterocycles. The Bertz CT molecular complexity index is 745. The molecule has 6 nitrogen and oxygen atoms in total. The molecule has 146 valence electrons. The van der Waals surface area contributed by atoms with E-state index in [2.05, 4.69) is 15.6 Å². The Balaban J connectivity index is 2.02. The third-order valence-electron chi connectivity index (χ3n) is 4.17. The molecule has 3 N–H and O–H groups in total. The van der Waals surface area contributed by atoms with Crippen molar-refractivity contribution in [2.24, 2.45) is 4.99 Å². The second-order valence-corrected chi connectivity index (χ2v) is 6.18. The Hall–Kier alpha value is -2.73. The van der Waals surface area contributed by atoms with Crippen LogP contribution in [-0.4, -0.2) is 38.4 Å². The van der Waals surface area contributed by atoms with E-state index in [9.17, 15) is 5.11 Å². The van der Waals surface area contributed by atoms with Crippen LogP contribution in [0.3, 0.4) is 0 Å². The van der Waals surface area contributed by atoms with Crippen LogP contribution in [0.25, 0.3) is 0 Å². The summed E-state index contributed by atoms with van der Waals surface area (Å²) in [5, 5.41) is 16.8. The lowest BCUT2D eigenvalue weighted by molar-refractivity contribution is 0.181. The zero-order chi connectivity index (χ0) is 19.6. The molecule has 0 fully saturated rings. The van der Waals surface area contributed by atoms with Gasteiger partial charge in [-0.2, -0.15) is 0 Å². The molecule has 0 bridgehead atoms. The third kappa shape index (κ3) is 6.18. The Labute approximate surface area is 161 Å². The van der Waals surface area contributed by atoms with E-state index in [1.54, 1.807) is 14.2 Å². The molecule has 0 heterocycles. The molecule has 1 atom stereocenters. The highest BCUT2D eigenvalue weighted by Gasteiger charge is 2.09. The summed E-state index contributed by atoms with van der Waals surface area (Å²) in [7, 11) is 3.25. The van der Waals surface area contributed by atoms with Gasteiger partial charge >= 0.3 is 0 Å². The van der Waals surface area contributed by atoms with Crippen molar-refractivity contribution < 1.29 is 14.6 Å². The van der Waals surface area contributed by atoms with Crippen LogP contribution in [-0.2, 0) is 6.54 Å². The van der Waals surface area contributed by atoms with Crippen LogP contribution in [0.4, 0.5) is 0 Å². The Kier molecular flexibility index (Phi) is 7.95. The summed E-state index contributed by atoms with van der Waals surface area (Å²) in [5.41, 5.74) is 3.00. The summed E-state index contributed by atoms with van der Waals surface area (Å²) in [6.07, 6.45) is -0.607. The molecule has 0 spiro atoms. The fourth-order valence-electron chi connectivity index (χ4n) is 2.59. The van der Waals surface area contributed by atoms with Crippen LogP contribution in [0.5, 0.6) is 11.5 Å². The van der Waals surface area contributed by atoms with E-state index in [1.807, 2.05) is 56.3 Å². The van der Waals surface area contributed by atoms with Gasteiger partial charge in [0, 0.05) is 24.7 Å². The maximum absolute atomic E-state index is 10.4. The fraction of sp³-hybridized carbons (Fsp3) is 0.381. The number of aliphatic hydroxyl groups excluding tert-OH is 1. The quantitative estimate of drug-likeness (QED) is 0.491. The monoisotopic (exact) mass is 371 g/mol. The topological polar surface area (TPSA) is 75.1 Å². The first kappa shape index (κ1) is 20.6. The van der Waals surface area contributed by atoms with Crippen LogP contribution in [0, 0.1) is 6.92 Å². The van der Waals surface area contributed by atoms with Crippen molar-refractivity contribution in [3.8, 4) is 11.5 Å². The largest absolute Gasteiger partial charge is 0.497 e. The van der Waals surface area contributed by atoms with E-state index in [0.29, 0.717) is 19.0 Å². The average molecular weight is 371 g/mol. The van der Waals surface area contributed by atoms with Crippen molar-refractivity contribution >= 4 is 5.96 Å². The normalized spacial score (nSPS) is 12.4. The Morgan fingerprint density at radius 1 is 1.07 bits per heavy atom. The van der Waals surface area contributed by atoms with E-state index in [1.165, 1.54) is 5.56 Å². The first-order chi connectivity index (χ1) is 13.1. The smallest absolute Gasteiger partial charge is 0.191 e. The van der Waals surface area contributed by atoms with Gasteiger partial charge in [0.25, 0.3) is 0 Å². The summed E-state index contributed by atoms with van der Waals surface area (Å²) >= 11 is 0. The molecule has 1 unspecified atom stereocenters. The van der Waals surface area contributed by atoms with Gasteiger partial charge in [-0.3, -0.25) is 0 Å². The van der Waals surface area contributed by atoms with Crippen LogP contribution >= 0.6 is 0 Å². The SMILES string of the molecule is CCNC(=NCc1ccc(OC)cc1OC)NCC(O)c1ccc(C)cc1. The molecular weight excluding hydrogens is 342 g/mol. The number of hydrogen-bond donors (Lipinski definition) is 3. The lowest BCUT2D eigenvalue weighted by atomic mass is 10.1. The van der Waals surface area contributed by atoms with Gasteiger partial charge < -0.3 is 25.2 Å². The van der Waals surface area contributed by atoms with Crippen molar-refractivity contribution in [3.63, 3.8) is 0 Å². The number of methoxy groups -OCH3 is 2. The number of aryl methyl sites for hydroxylation is 1. The lowest BCUT2D eigenvalue weighted by Crippen LogP contribution is -2.39. The van der Waals surface area contributed by atoms with E-state index in [-0.39, 0.29) is 0 Å². The number of nitrogens with zero attached hydrogens (tertiary/aromatic N) is 1. The molecule has 6 heteroatoms. The van der Waals surface area contributed by atoms with Gasteiger partial charge in [-0.1, -0.05) is 29.8 Å². The average Bonchev–Trinajstić information content (AvgIpc) is 2.70. The molecule has 0 aromatic heterocycles. The van der Waals surface area contributed by atoms with Gasteiger partial charge in [-0.05, 0) is 31.5 Å². The second kappa shape index (κ2) is 10.4. The van der Waals surface area contributed by atoms with Crippen molar-refractivity contribution in [1.29, 1.82) is 0 Å². The summed E-state index contributed by atoms with van der Waals surface area (Å²) in [6.45, 7) is 5.57. The maximum atomic E-state index is 10.4. The summed E-state index contributed by atoms with van der Waals surface area (Å²) in [4.78, 5) is 4.59. The van der Waals surface area contributed by atoms with Gasteiger partial charge in [0.15, 0.2) is 5.96 Å². The zero-order valence-corrected chi connectivity index (χ0v) is 16.5. The maximum Gasteiger partial charge on any atom is 0.191 e. The van der Waals surface area contributed by atoms with E-state index in [0.717, 1.165) is 29.2 Å². The molecule has 2 aromatic rings. The van der Waals surface area contributed by atoms with E-state index >= 15 is 0 Å². The molecule has 0 saturated heterocycles. The summed E-state index contributed by atoms with van der Waals surface area (Å²) < 4.78 is 10.6. The number of ether oxygens (including phenoxy) is 2. The molecule has 0 radical (unpaired) electrons. The number of guanidine groups is 1. The highest BCUT2D eigenvalue weighted by Crippen LogP contribution is 2.25. The fourth-order valence-corrected chi connectivity index (χ4v) is 2.59. The standard InChI is InChI=1S/C21H29N3O3/c1-5-22-21(24-14-19(25)16-8-6-15(2)7-9-16)23-13-17-10-11-18(26-3)12-20(17)27-4/h6-12,19,25H,5,13-14H2,1-4H3,(H2,22,23,24). The predicted octanol–water partition coefficient (Wildman–Crippen LogP) is 2.80. The lowest BCUT2D eigenvalue weighted by Gasteiger charge is -2.16. The molecule has 0 saturated carbocycles. The Morgan fingerprint density at radius 2 is 1.81 bits per heavy atom. The minimum Gasteiger partial charge on any atom is -0.497 e. The summed E-state index contributed by atoms with van der Waals surface area (Å²) in [6, 6.07) is 13.5. The number of aliphatic imine (C=N–C) groups is 1. The minimum atomic E-state index is -0.607. The van der Waals surface area contributed by atoms with Crippen molar-refractivity contribution in [2.75, 3.05) is 27.3 Å². The van der Waals surface area contributed by atoms with Gasteiger partial charge in [0.05, 0.1) is 26.9 Å². The van der Waals surface area contributed by atoms with Crippen molar-refractivity contribution in [3.05, 3.63) is 59.2 Å². The van der Waals surface area contributed by atoms with Gasteiger partial charge in [-0.15, -0.1) is 0 Å². The first-order valence-corrected chi connectivity index (χ1v) is 9.05. The predicted molar refractivity (Wildman–Crippen MR) is 109 cm³/mol. The van der Waals surface area contributed by atoms with Crippen LogP contribution in [0.2, 0.25) is 0 Å². The zero-order valence-electron chi connectivity index (χ0n) is 16.5. The highest BCUT2D eigenvalue weighted by molar-refractivity contribution is 5.79. The van der Waals surface area contributed by atoms with E-state index in [4.69, 9.17) is 9.47 Å². The van der Waals surface area contributed by atoms with Gasteiger partial charge in [0.2, 0.25) is 0 Å². The Morgan fingerprint density at radius 3 is 2.44 bits per heavy atom. The third-order valence-corrected chi connectivity index (χ3v) is 4.17. The molecule has 2 aromatic carbocycles. The number of rotatable bonds is 8. The highest BCUT2D eigenvalue weighted by atomic mass is 16.5. The summed E-state index contributed by atoms with van der Waals surface area (Å²) in [5.74, 6) is 2.11. The number of nitrogens with one attached hydrogen (secondary N) is 2. The minimum absolute atomic E-state index is 0.370. The molecule has 0 amide bonds. The molecular formula is C21H29N3O3. The van der Waals surface area contributed by atoms with Crippen LogP contribution in [0.15, 0.2) is 47.5 Å².